The first-order valence-corrected chi connectivity index (χ1v) is 10.5. The van der Waals surface area contributed by atoms with Crippen molar-refractivity contribution in [2.24, 2.45) is 0 Å². The molecule has 2 heterocycles. The Bertz CT molecular complexity index is 653. The van der Waals surface area contributed by atoms with E-state index in [4.69, 9.17) is 5.10 Å². The first-order valence-electron chi connectivity index (χ1n) is 10.5. The van der Waals surface area contributed by atoms with E-state index >= 15 is 0 Å². The highest BCUT2D eigenvalue weighted by Gasteiger charge is 2.32. The maximum atomic E-state index is 13.1. The lowest BCUT2D eigenvalue weighted by molar-refractivity contribution is 0.0716. The van der Waals surface area contributed by atoms with Crippen molar-refractivity contribution in [3.05, 3.63) is 29.6 Å². The molecule has 1 atom stereocenters. The molecule has 0 radical (unpaired) electrons. The van der Waals surface area contributed by atoms with Crippen molar-refractivity contribution < 1.29 is 4.79 Å². The Morgan fingerprint density at radius 3 is 2.62 bits per heavy atom. The predicted molar refractivity (Wildman–Crippen MR) is 103 cm³/mol. The molecule has 3 aliphatic rings. The zero-order chi connectivity index (χ0) is 17.9. The molecule has 0 spiro atoms. The van der Waals surface area contributed by atoms with Gasteiger partial charge in [-0.2, -0.15) is 5.10 Å². The summed E-state index contributed by atoms with van der Waals surface area (Å²) in [4.78, 5) is 15.2. The van der Waals surface area contributed by atoms with Gasteiger partial charge in [-0.1, -0.05) is 18.9 Å². The summed E-state index contributed by atoms with van der Waals surface area (Å²) < 4.78 is 2.02. The molecule has 1 saturated carbocycles. The van der Waals surface area contributed by atoms with E-state index in [1.807, 2.05) is 15.7 Å². The third-order valence-electron chi connectivity index (χ3n) is 6.32. The number of likely N-dealkylation sites (tertiary alicyclic amines) is 1. The van der Waals surface area contributed by atoms with E-state index in [1.54, 1.807) is 0 Å². The molecular weight excluding hydrogens is 324 g/mol. The number of amides is 1. The lowest BCUT2D eigenvalue weighted by Crippen LogP contribution is -2.41. The van der Waals surface area contributed by atoms with Crippen molar-refractivity contribution in [3.63, 3.8) is 0 Å². The van der Waals surface area contributed by atoms with Crippen LogP contribution >= 0.6 is 0 Å². The monoisotopic (exact) mass is 356 g/mol. The van der Waals surface area contributed by atoms with Crippen LogP contribution in [0.2, 0.25) is 0 Å². The van der Waals surface area contributed by atoms with Gasteiger partial charge in [-0.25, -0.2) is 0 Å². The maximum absolute atomic E-state index is 13.1. The van der Waals surface area contributed by atoms with Gasteiger partial charge in [0.15, 0.2) is 5.69 Å². The molecule has 1 aromatic heterocycles. The molecule has 1 aliphatic heterocycles. The quantitative estimate of drug-likeness (QED) is 0.825. The van der Waals surface area contributed by atoms with Gasteiger partial charge in [-0.15, -0.1) is 6.58 Å². The molecule has 5 nitrogen and oxygen atoms in total. The second-order valence-electron chi connectivity index (χ2n) is 8.19. The molecule has 4 rings (SSSR count). The van der Waals surface area contributed by atoms with Crippen LogP contribution in [0.4, 0.5) is 0 Å². The Morgan fingerprint density at radius 2 is 1.88 bits per heavy atom. The SMILES string of the molecule is C=CCn1nc(C(=O)N2CCCCC2)c2c1CC[C@H](NC1CCCC1)C2. The standard InChI is InChI=1S/C21H32N4O/c1-2-12-25-19-11-10-17(22-16-8-4-5-9-16)15-18(19)20(23-25)21(26)24-13-6-3-7-14-24/h2,16-17,22H,1,3-15H2/t17-/m0/s1. The minimum absolute atomic E-state index is 0.144. The van der Waals surface area contributed by atoms with Crippen LogP contribution in [-0.2, 0) is 19.4 Å². The molecule has 142 valence electrons. The summed E-state index contributed by atoms with van der Waals surface area (Å²) in [6.45, 7) is 6.32. The number of aromatic nitrogens is 2. The third-order valence-corrected chi connectivity index (χ3v) is 6.32. The summed E-state index contributed by atoms with van der Waals surface area (Å²) in [6.07, 6.45) is 13.8. The van der Waals surface area contributed by atoms with E-state index in [-0.39, 0.29) is 5.91 Å². The van der Waals surface area contributed by atoms with Gasteiger partial charge >= 0.3 is 0 Å². The fourth-order valence-electron chi connectivity index (χ4n) is 4.95. The zero-order valence-electron chi connectivity index (χ0n) is 15.9. The summed E-state index contributed by atoms with van der Waals surface area (Å²) in [5.74, 6) is 0.144. The van der Waals surface area contributed by atoms with Crippen LogP contribution in [-0.4, -0.2) is 45.8 Å². The molecule has 5 heteroatoms. The van der Waals surface area contributed by atoms with Crippen molar-refractivity contribution >= 4 is 5.91 Å². The fraction of sp³-hybridized carbons (Fsp3) is 0.714. The number of hydrogen-bond acceptors (Lipinski definition) is 3. The number of piperidine rings is 1. The van der Waals surface area contributed by atoms with E-state index < -0.39 is 0 Å². The lowest BCUT2D eigenvalue weighted by atomic mass is 9.90. The lowest BCUT2D eigenvalue weighted by Gasteiger charge is -2.29. The van der Waals surface area contributed by atoms with E-state index in [2.05, 4.69) is 11.9 Å². The molecule has 2 fully saturated rings. The molecular formula is C21H32N4O. The Labute approximate surface area is 156 Å². The van der Waals surface area contributed by atoms with E-state index in [0.29, 0.717) is 24.3 Å². The van der Waals surface area contributed by atoms with Crippen LogP contribution in [0, 0.1) is 0 Å². The van der Waals surface area contributed by atoms with Crippen LogP contribution in [0.25, 0.3) is 0 Å². The second kappa shape index (κ2) is 7.95. The van der Waals surface area contributed by atoms with Gasteiger partial charge in [0.1, 0.15) is 0 Å². The highest BCUT2D eigenvalue weighted by Crippen LogP contribution is 2.28. The zero-order valence-corrected chi connectivity index (χ0v) is 15.9. The van der Waals surface area contributed by atoms with Gasteiger partial charge in [-0.05, 0) is 51.4 Å². The van der Waals surface area contributed by atoms with Crippen molar-refractivity contribution in [1.29, 1.82) is 0 Å². The highest BCUT2D eigenvalue weighted by molar-refractivity contribution is 5.94. The van der Waals surface area contributed by atoms with Crippen molar-refractivity contribution in [2.45, 2.75) is 82.8 Å². The molecule has 0 unspecified atom stereocenters. The molecule has 0 aromatic carbocycles. The highest BCUT2D eigenvalue weighted by atomic mass is 16.2. The number of nitrogens with one attached hydrogen (secondary N) is 1. The second-order valence-corrected chi connectivity index (χ2v) is 8.19. The van der Waals surface area contributed by atoms with Gasteiger partial charge < -0.3 is 10.2 Å². The van der Waals surface area contributed by atoms with Crippen LogP contribution in [0.1, 0.15) is 73.1 Å². The largest absolute Gasteiger partial charge is 0.337 e. The van der Waals surface area contributed by atoms with Gasteiger partial charge in [0.25, 0.3) is 5.91 Å². The fourth-order valence-corrected chi connectivity index (χ4v) is 4.95. The minimum Gasteiger partial charge on any atom is -0.337 e. The van der Waals surface area contributed by atoms with Crippen LogP contribution in [0.3, 0.4) is 0 Å². The van der Waals surface area contributed by atoms with E-state index in [0.717, 1.165) is 45.2 Å². The summed E-state index contributed by atoms with van der Waals surface area (Å²) in [5, 5.41) is 8.61. The van der Waals surface area contributed by atoms with Crippen molar-refractivity contribution in [2.75, 3.05) is 13.1 Å². The van der Waals surface area contributed by atoms with Crippen LogP contribution < -0.4 is 5.32 Å². The number of carbonyl (C=O) groups is 1. The van der Waals surface area contributed by atoms with Gasteiger partial charge in [0, 0.05) is 36.4 Å². The van der Waals surface area contributed by atoms with Crippen LogP contribution in [0.5, 0.6) is 0 Å². The smallest absolute Gasteiger partial charge is 0.274 e. The van der Waals surface area contributed by atoms with Gasteiger partial charge in [0.05, 0.1) is 6.54 Å². The van der Waals surface area contributed by atoms with Crippen molar-refractivity contribution in [3.8, 4) is 0 Å². The maximum Gasteiger partial charge on any atom is 0.274 e. The average Bonchev–Trinajstić information content (AvgIpc) is 3.30. The summed E-state index contributed by atoms with van der Waals surface area (Å²) >= 11 is 0. The Morgan fingerprint density at radius 1 is 1.12 bits per heavy atom. The number of hydrogen-bond donors (Lipinski definition) is 1. The Kier molecular flexibility index (Phi) is 5.44. The number of carbonyl (C=O) groups excluding carboxylic acids is 1. The predicted octanol–water partition coefficient (Wildman–Crippen LogP) is 3.08. The summed E-state index contributed by atoms with van der Waals surface area (Å²) in [6, 6.07) is 1.16. The normalized spacial score (nSPS) is 23.8. The molecule has 1 amide bonds. The Balaban J connectivity index is 1.56. The van der Waals surface area contributed by atoms with E-state index in [1.165, 1.54) is 43.4 Å². The van der Waals surface area contributed by atoms with E-state index in [9.17, 15) is 4.79 Å². The van der Waals surface area contributed by atoms with Crippen molar-refractivity contribution in [1.82, 2.24) is 20.0 Å². The minimum atomic E-state index is 0.144. The molecule has 2 aliphatic carbocycles. The average molecular weight is 357 g/mol. The van der Waals surface area contributed by atoms with Gasteiger partial charge in [0.2, 0.25) is 0 Å². The number of allylic oxidation sites excluding steroid dienone is 1. The molecule has 1 saturated heterocycles. The first-order chi connectivity index (χ1) is 12.8. The van der Waals surface area contributed by atoms with Crippen LogP contribution in [0.15, 0.2) is 12.7 Å². The summed E-state index contributed by atoms with van der Waals surface area (Å²) in [7, 11) is 0. The number of fused-ring (bicyclic) bond motifs is 1. The third kappa shape index (κ3) is 3.59. The molecule has 26 heavy (non-hydrogen) atoms. The molecule has 1 aromatic rings. The van der Waals surface area contributed by atoms with Gasteiger partial charge in [-0.3, -0.25) is 9.48 Å². The first kappa shape index (κ1) is 17.8. The number of rotatable bonds is 5. The summed E-state index contributed by atoms with van der Waals surface area (Å²) in [5.41, 5.74) is 3.17. The molecule has 1 N–H and O–H groups in total. The Hall–Kier alpha value is -1.62. The number of nitrogens with zero attached hydrogens (tertiary/aromatic N) is 3. The molecule has 0 bridgehead atoms. The topological polar surface area (TPSA) is 50.2 Å².